The third-order valence-electron chi connectivity index (χ3n) is 11.9. The maximum Gasteiger partial charge on any atom is 0.344 e. The highest BCUT2D eigenvalue weighted by Crippen LogP contribution is 2.67. The van der Waals surface area contributed by atoms with Crippen LogP contribution < -0.4 is 0 Å². The van der Waals surface area contributed by atoms with Gasteiger partial charge in [0.2, 0.25) is 10.0 Å². The quantitative estimate of drug-likeness (QED) is 0.282. The summed E-state index contributed by atoms with van der Waals surface area (Å²) in [5.74, 6) is -0.0970. The van der Waals surface area contributed by atoms with E-state index in [-0.39, 0.29) is 23.3 Å². The van der Waals surface area contributed by atoms with Gasteiger partial charge in [-0.15, -0.1) is 0 Å². The second-order valence-electron chi connectivity index (χ2n) is 14.8. The number of carbonyl (C=O) groups is 1. The molecular formula is C35H50N2O5S. The Morgan fingerprint density at radius 2 is 1.53 bits per heavy atom. The summed E-state index contributed by atoms with van der Waals surface area (Å²) < 4.78 is 43.2. The van der Waals surface area contributed by atoms with Gasteiger partial charge in [0, 0.05) is 23.1 Å². The van der Waals surface area contributed by atoms with Gasteiger partial charge in [-0.3, -0.25) is 0 Å². The molecule has 6 rings (SSSR count). The number of carbonyl (C=O) groups excluding carboxylic acids is 1. The molecule has 0 spiro atoms. The average Bonchev–Trinajstić information content (AvgIpc) is 3.57. The molecule has 0 radical (unpaired) electrons. The zero-order valence-corrected chi connectivity index (χ0v) is 27.6. The largest absolute Gasteiger partial charge is 0.458 e. The first-order valence-electron chi connectivity index (χ1n) is 16.7. The molecule has 4 aliphatic carbocycles. The number of aromatic nitrogens is 1. The maximum absolute atomic E-state index is 14.7. The molecule has 0 N–H and O–H groups in total. The molecular weight excluding hydrogens is 560 g/mol. The first-order valence-corrected chi connectivity index (χ1v) is 18.3. The van der Waals surface area contributed by atoms with Crippen molar-refractivity contribution < 1.29 is 22.5 Å². The van der Waals surface area contributed by atoms with Gasteiger partial charge in [-0.2, -0.15) is 4.31 Å². The van der Waals surface area contributed by atoms with Gasteiger partial charge in [0.15, 0.2) is 0 Å². The monoisotopic (exact) mass is 610 g/mol. The SMILES string of the molecule is Cc1cc(C)c(-c2nocc2C(=O)O[C@H]2C[C@@H]3CC[C@@]2(CS(=O)(=O)N(C2CCCCC2)C2CCCCC2)C3(C)C)c(C)c1. The lowest BCUT2D eigenvalue weighted by atomic mass is 9.69. The summed E-state index contributed by atoms with van der Waals surface area (Å²) in [6.07, 6.45) is 14.0. The lowest BCUT2D eigenvalue weighted by molar-refractivity contribution is -0.0234. The van der Waals surface area contributed by atoms with E-state index in [4.69, 9.17) is 9.26 Å². The molecule has 1 aromatic heterocycles. The Labute approximate surface area is 258 Å². The van der Waals surface area contributed by atoms with Gasteiger partial charge in [0.1, 0.15) is 23.6 Å². The van der Waals surface area contributed by atoms with Gasteiger partial charge in [-0.1, -0.05) is 75.2 Å². The molecule has 0 unspecified atom stereocenters. The van der Waals surface area contributed by atoms with Crippen LogP contribution in [0.15, 0.2) is 22.9 Å². The molecule has 1 heterocycles. The first kappa shape index (κ1) is 30.8. The van der Waals surface area contributed by atoms with Crippen LogP contribution in [0.25, 0.3) is 11.3 Å². The van der Waals surface area contributed by atoms with Crippen LogP contribution in [-0.2, 0) is 14.8 Å². The van der Waals surface area contributed by atoms with Crippen molar-refractivity contribution in [3.8, 4) is 11.3 Å². The number of hydrogen-bond acceptors (Lipinski definition) is 6. The van der Waals surface area contributed by atoms with Crippen molar-refractivity contribution in [3.63, 3.8) is 0 Å². The number of esters is 1. The van der Waals surface area contributed by atoms with Crippen molar-refractivity contribution in [1.82, 2.24) is 9.46 Å². The Kier molecular flexibility index (Phi) is 8.33. The van der Waals surface area contributed by atoms with E-state index in [1.165, 1.54) is 19.1 Å². The fourth-order valence-electron chi connectivity index (χ4n) is 9.64. The Morgan fingerprint density at radius 3 is 2.09 bits per heavy atom. The highest BCUT2D eigenvalue weighted by Gasteiger charge is 2.67. The van der Waals surface area contributed by atoms with Gasteiger partial charge in [-0.25, -0.2) is 13.2 Å². The lowest BCUT2D eigenvalue weighted by Crippen LogP contribution is -2.54. The van der Waals surface area contributed by atoms with Crippen molar-refractivity contribution in [2.45, 2.75) is 136 Å². The fourth-order valence-corrected chi connectivity index (χ4v) is 12.5. The summed E-state index contributed by atoms with van der Waals surface area (Å²) in [5, 5.41) is 4.24. The van der Waals surface area contributed by atoms with Crippen LogP contribution in [0, 0.1) is 37.5 Å². The van der Waals surface area contributed by atoms with Crippen molar-refractivity contribution in [2.24, 2.45) is 16.7 Å². The third-order valence-corrected chi connectivity index (χ3v) is 14.1. The summed E-state index contributed by atoms with van der Waals surface area (Å²) in [4.78, 5) is 13.9. The van der Waals surface area contributed by atoms with E-state index in [0.717, 1.165) is 86.5 Å². The average molecular weight is 611 g/mol. The minimum atomic E-state index is -3.60. The van der Waals surface area contributed by atoms with Crippen LogP contribution in [0.4, 0.5) is 0 Å². The van der Waals surface area contributed by atoms with Crippen molar-refractivity contribution in [1.29, 1.82) is 0 Å². The normalized spacial score (nSPS) is 28.0. The van der Waals surface area contributed by atoms with E-state index in [9.17, 15) is 13.2 Å². The van der Waals surface area contributed by atoms with Gasteiger partial charge >= 0.3 is 5.97 Å². The molecule has 2 bridgehead atoms. The Morgan fingerprint density at radius 1 is 0.953 bits per heavy atom. The molecule has 1 aromatic carbocycles. The number of fused-ring (bicyclic) bond motifs is 2. The second-order valence-corrected chi connectivity index (χ2v) is 16.6. The van der Waals surface area contributed by atoms with Gasteiger partial charge in [0.05, 0.1) is 5.75 Å². The van der Waals surface area contributed by atoms with Crippen LogP contribution in [-0.4, -0.2) is 47.8 Å². The van der Waals surface area contributed by atoms with E-state index in [1.807, 2.05) is 18.2 Å². The smallest absolute Gasteiger partial charge is 0.344 e. The van der Waals surface area contributed by atoms with E-state index < -0.39 is 27.5 Å². The minimum Gasteiger partial charge on any atom is -0.458 e. The number of ether oxygens (including phenoxy) is 1. The van der Waals surface area contributed by atoms with Crippen LogP contribution in [0.1, 0.15) is 124 Å². The number of benzene rings is 1. The second kappa shape index (κ2) is 11.6. The van der Waals surface area contributed by atoms with Crippen LogP contribution in [0.5, 0.6) is 0 Å². The highest BCUT2D eigenvalue weighted by atomic mass is 32.2. The molecule has 4 saturated carbocycles. The zero-order chi connectivity index (χ0) is 30.6. The molecule has 3 atom stereocenters. The number of hydrogen-bond donors (Lipinski definition) is 0. The minimum absolute atomic E-state index is 0.0567. The molecule has 4 aliphatic rings. The first-order chi connectivity index (χ1) is 20.4. The van der Waals surface area contributed by atoms with E-state index in [1.54, 1.807) is 0 Å². The number of sulfonamides is 1. The molecule has 4 fully saturated rings. The molecule has 236 valence electrons. The number of aryl methyl sites for hydroxylation is 3. The predicted octanol–water partition coefficient (Wildman–Crippen LogP) is 7.92. The summed E-state index contributed by atoms with van der Waals surface area (Å²) in [5.41, 5.74) is 3.99. The summed E-state index contributed by atoms with van der Waals surface area (Å²) in [6, 6.07) is 4.35. The molecule has 8 heteroatoms. The van der Waals surface area contributed by atoms with Gasteiger partial charge < -0.3 is 9.26 Å². The Bertz CT molecular complexity index is 1410. The van der Waals surface area contributed by atoms with Gasteiger partial charge in [0.25, 0.3) is 0 Å². The molecule has 0 amide bonds. The van der Waals surface area contributed by atoms with Crippen LogP contribution >= 0.6 is 0 Å². The predicted molar refractivity (Wildman–Crippen MR) is 168 cm³/mol. The van der Waals surface area contributed by atoms with E-state index >= 15 is 0 Å². The van der Waals surface area contributed by atoms with E-state index in [0.29, 0.717) is 23.6 Å². The van der Waals surface area contributed by atoms with E-state index in [2.05, 4.69) is 38.1 Å². The van der Waals surface area contributed by atoms with Crippen molar-refractivity contribution in [2.75, 3.05) is 5.75 Å². The molecule has 2 aromatic rings. The van der Waals surface area contributed by atoms with Crippen molar-refractivity contribution in [3.05, 3.63) is 40.6 Å². The third kappa shape index (κ3) is 5.38. The fraction of sp³-hybridized carbons (Fsp3) is 0.714. The lowest BCUT2D eigenvalue weighted by Gasteiger charge is -2.46. The standard InChI is InChI=1S/C35H50N2O5S/c1-23-18-24(2)31(25(3)19-23)32-29(21-41-36-32)33(38)42-30-20-26-16-17-35(30,34(26,4)5)22-43(39,40)37(27-12-8-6-9-13-27)28-14-10-7-11-15-28/h18-19,21,26-28,30H,6-17,20,22H2,1-5H3/t26-,30-,35-/m0/s1. The summed E-state index contributed by atoms with van der Waals surface area (Å²) in [7, 11) is -3.60. The Balaban J connectivity index is 1.30. The molecule has 0 aliphatic heterocycles. The van der Waals surface area contributed by atoms with Crippen molar-refractivity contribution >= 4 is 16.0 Å². The zero-order valence-electron chi connectivity index (χ0n) is 26.8. The van der Waals surface area contributed by atoms with Gasteiger partial charge in [-0.05, 0) is 88.2 Å². The number of rotatable bonds is 8. The van der Waals surface area contributed by atoms with Crippen LogP contribution in [0.3, 0.4) is 0 Å². The maximum atomic E-state index is 14.7. The molecule has 43 heavy (non-hydrogen) atoms. The highest BCUT2D eigenvalue weighted by molar-refractivity contribution is 7.89. The molecule has 0 saturated heterocycles. The molecule has 7 nitrogen and oxygen atoms in total. The topological polar surface area (TPSA) is 89.7 Å². The summed E-state index contributed by atoms with van der Waals surface area (Å²) in [6.45, 7) is 10.5. The summed E-state index contributed by atoms with van der Waals surface area (Å²) >= 11 is 0. The van der Waals surface area contributed by atoms with Crippen LogP contribution in [0.2, 0.25) is 0 Å². The Hall–Kier alpha value is -2.19. The number of nitrogens with zero attached hydrogens (tertiary/aromatic N) is 2.